The molecule has 0 spiro atoms. The van der Waals surface area contributed by atoms with Gasteiger partial charge in [-0.1, -0.05) is 25.1 Å². The Morgan fingerprint density at radius 2 is 1.96 bits per heavy atom. The van der Waals surface area contributed by atoms with Crippen LogP contribution in [0, 0.1) is 0 Å². The molecule has 1 saturated heterocycles. The van der Waals surface area contributed by atoms with E-state index in [1.807, 2.05) is 18.3 Å². The highest BCUT2D eigenvalue weighted by Gasteiger charge is 2.34. The number of H-pyrrole nitrogens is 1. The second-order valence-electron chi connectivity index (χ2n) is 6.55. The SMILES string of the molecule is CCc1cccc2c(C3CCN(S(=O)(=O)NCC(F)(F)F)CC3)c[nH]c12. The van der Waals surface area contributed by atoms with Gasteiger partial charge in [0.15, 0.2) is 0 Å². The van der Waals surface area contributed by atoms with Gasteiger partial charge in [0.2, 0.25) is 0 Å². The van der Waals surface area contributed by atoms with Crippen LogP contribution in [0.25, 0.3) is 10.9 Å². The number of aromatic amines is 1. The lowest BCUT2D eigenvalue weighted by molar-refractivity contribution is -0.121. The lowest BCUT2D eigenvalue weighted by Crippen LogP contribution is -2.47. The van der Waals surface area contributed by atoms with Gasteiger partial charge >= 0.3 is 6.18 Å². The maximum atomic E-state index is 12.3. The molecule has 2 heterocycles. The van der Waals surface area contributed by atoms with Crippen LogP contribution >= 0.6 is 0 Å². The van der Waals surface area contributed by atoms with Crippen molar-refractivity contribution in [3.63, 3.8) is 0 Å². The fraction of sp³-hybridized carbons (Fsp3) is 0.529. The molecule has 0 aliphatic carbocycles. The largest absolute Gasteiger partial charge is 0.402 e. The van der Waals surface area contributed by atoms with Gasteiger partial charge < -0.3 is 4.98 Å². The number of rotatable bonds is 5. The van der Waals surface area contributed by atoms with Crippen molar-refractivity contribution in [2.75, 3.05) is 19.6 Å². The molecule has 0 unspecified atom stereocenters. The summed E-state index contributed by atoms with van der Waals surface area (Å²) in [6.07, 6.45) is -0.516. The first kappa shape index (κ1) is 19.2. The molecule has 26 heavy (non-hydrogen) atoms. The molecule has 2 aromatic rings. The predicted octanol–water partition coefficient (Wildman–Crippen LogP) is 3.31. The molecule has 9 heteroatoms. The Hall–Kier alpha value is -1.58. The van der Waals surface area contributed by atoms with E-state index in [2.05, 4.69) is 18.0 Å². The number of hydrogen-bond donors (Lipinski definition) is 2. The number of aryl methyl sites for hydroxylation is 1. The fourth-order valence-electron chi connectivity index (χ4n) is 3.54. The first-order valence-corrected chi connectivity index (χ1v) is 10.1. The highest BCUT2D eigenvalue weighted by Crippen LogP contribution is 2.34. The lowest BCUT2D eigenvalue weighted by Gasteiger charge is -2.31. The Morgan fingerprint density at radius 1 is 1.27 bits per heavy atom. The molecule has 1 aromatic carbocycles. The standard InChI is InChI=1S/C17H22F3N3O2S/c1-2-12-4-3-5-14-15(10-21-16(12)14)13-6-8-23(9-7-13)26(24,25)22-11-17(18,19)20/h3-5,10,13,21-22H,2,6-9,11H2,1H3. The Labute approximate surface area is 150 Å². The third-order valence-corrected chi connectivity index (χ3v) is 6.46. The summed E-state index contributed by atoms with van der Waals surface area (Å²) in [5.41, 5.74) is 3.48. The Balaban J connectivity index is 1.69. The van der Waals surface area contributed by atoms with Crippen LogP contribution in [0.15, 0.2) is 24.4 Å². The maximum absolute atomic E-state index is 12.3. The van der Waals surface area contributed by atoms with Crippen LogP contribution in [0.1, 0.15) is 36.8 Å². The maximum Gasteiger partial charge on any atom is 0.402 e. The molecule has 0 atom stereocenters. The Bertz CT molecular complexity index is 869. The van der Waals surface area contributed by atoms with Gasteiger partial charge in [0.1, 0.15) is 6.54 Å². The third kappa shape index (κ3) is 4.05. The number of alkyl halides is 3. The van der Waals surface area contributed by atoms with Crippen LogP contribution in [0.4, 0.5) is 13.2 Å². The Kier molecular flexibility index (Phi) is 5.32. The predicted molar refractivity (Wildman–Crippen MR) is 94.2 cm³/mol. The van der Waals surface area contributed by atoms with E-state index in [0.29, 0.717) is 12.8 Å². The molecule has 1 aromatic heterocycles. The summed E-state index contributed by atoms with van der Waals surface area (Å²) < 4.78 is 63.6. The number of fused-ring (bicyclic) bond motifs is 1. The number of nitrogens with zero attached hydrogens (tertiary/aromatic N) is 1. The van der Waals surface area contributed by atoms with Crippen molar-refractivity contribution in [2.45, 2.75) is 38.3 Å². The number of nitrogens with one attached hydrogen (secondary N) is 2. The first-order valence-electron chi connectivity index (χ1n) is 8.61. The number of para-hydroxylation sites is 1. The number of piperidine rings is 1. The van der Waals surface area contributed by atoms with Crippen molar-refractivity contribution >= 4 is 21.1 Å². The molecule has 1 aliphatic heterocycles. The average Bonchev–Trinajstić information content (AvgIpc) is 3.04. The van der Waals surface area contributed by atoms with Gasteiger partial charge in [-0.3, -0.25) is 0 Å². The molecule has 5 nitrogen and oxygen atoms in total. The summed E-state index contributed by atoms with van der Waals surface area (Å²) in [4.78, 5) is 3.31. The van der Waals surface area contributed by atoms with Crippen molar-refractivity contribution in [3.05, 3.63) is 35.5 Å². The summed E-state index contributed by atoms with van der Waals surface area (Å²) in [7, 11) is -4.11. The summed E-state index contributed by atoms with van der Waals surface area (Å²) in [6.45, 7) is 0.958. The Morgan fingerprint density at radius 3 is 2.58 bits per heavy atom. The molecular weight excluding hydrogens is 367 g/mol. The van der Waals surface area contributed by atoms with Crippen LogP contribution in [-0.4, -0.2) is 43.5 Å². The smallest absolute Gasteiger partial charge is 0.361 e. The van der Waals surface area contributed by atoms with E-state index in [4.69, 9.17) is 0 Å². The normalized spacial score (nSPS) is 17.8. The molecular formula is C17H22F3N3O2S. The van der Waals surface area contributed by atoms with Crippen LogP contribution in [0.5, 0.6) is 0 Å². The van der Waals surface area contributed by atoms with E-state index < -0.39 is 22.9 Å². The highest BCUT2D eigenvalue weighted by atomic mass is 32.2. The van der Waals surface area contributed by atoms with Crippen molar-refractivity contribution < 1.29 is 21.6 Å². The van der Waals surface area contributed by atoms with Gasteiger partial charge in [0.05, 0.1) is 0 Å². The zero-order chi connectivity index (χ0) is 18.9. The second kappa shape index (κ2) is 7.21. The topological polar surface area (TPSA) is 65.2 Å². The molecule has 1 aliphatic rings. The van der Waals surface area contributed by atoms with Gasteiger partial charge in [0.25, 0.3) is 10.2 Å². The minimum atomic E-state index is -4.56. The van der Waals surface area contributed by atoms with Crippen molar-refractivity contribution in [1.29, 1.82) is 0 Å². The first-order chi connectivity index (χ1) is 12.2. The lowest BCUT2D eigenvalue weighted by atomic mass is 9.89. The minimum absolute atomic E-state index is 0.185. The van der Waals surface area contributed by atoms with E-state index in [0.717, 1.165) is 27.2 Å². The third-order valence-electron chi connectivity index (χ3n) is 4.90. The molecule has 144 valence electrons. The zero-order valence-electron chi connectivity index (χ0n) is 14.4. The van der Waals surface area contributed by atoms with Crippen LogP contribution in [-0.2, 0) is 16.6 Å². The molecule has 1 fully saturated rings. The molecule has 0 amide bonds. The molecule has 0 bridgehead atoms. The van der Waals surface area contributed by atoms with Crippen LogP contribution < -0.4 is 4.72 Å². The van der Waals surface area contributed by atoms with E-state index in [1.54, 1.807) is 4.72 Å². The van der Waals surface area contributed by atoms with Gasteiger partial charge in [-0.05, 0) is 36.3 Å². The van der Waals surface area contributed by atoms with Gasteiger partial charge in [-0.15, -0.1) is 0 Å². The highest BCUT2D eigenvalue weighted by molar-refractivity contribution is 7.87. The number of halogens is 3. The summed E-state index contributed by atoms with van der Waals surface area (Å²) in [6, 6.07) is 6.14. The minimum Gasteiger partial charge on any atom is -0.361 e. The molecule has 0 saturated carbocycles. The molecule has 0 radical (unpaired) electrons. The number of aromatic nitrogens is 1. The quantitative estimate of drug-likeness (QED) is 0.824. The number of hydrogen-bond acceptors (Lipinski definition) is 2. The van der Waals surface area contributed by atoms with Gasteiger partial charge in [-0.25, -0.2) is 0 Å². The monoisotopic (exact) mass is 389 g/mol. The summed E-state index contributed by atoms with van der Waals surface area (Å²) >= 11 is 0. The van der Waals surface area contributed by atoms with E-state index in [1.165, 1.54) is 5.56 Å². The van der Waals surface area contributed by atoms with Crippen LogP contribution in [0.3, 0.4) is 0 Å². The molecule has 3 rings (SSSR count). The van der Waals surface area contributed by atoms with E-state index in [-0.39, 0.29) is 19.0 Å². The van der Waals surface area contributed by atoms with Gasteiger partial charge in [-0.2, -0.15) is 30.6 Å². The molecule has 2 N–H and O–H groups in total. The van der Waals surface area contributed by atoms with Crippen molar-refractivity contribution in [3.8, 4) is 0 Å². The van der Waals surface area contributed by atoms with Crippen molar-refractivity contribution in [1.82, 2.24) is 14.0 Å². The second-order valence-corrected chi connectivity index (χ2v) is 8.31. The average molecular weight is 389 g/mol. The number of benzene rings is 1. The van der Waals surface area contributed by atoms with Crippen molar-refractivity contribution in [2.24, 2.45) is 0 Å². The van der Waals surface area contributed by atoms with Gasteiger partial charge in [0, 0.05) is 30.2 Å². The summed E-state index contributed by atoms with van der Waals surface area (Å²) in [5, 5.41) is 1.14. The van der Waals surface area contributed by atoms with E-state index in [9.17, 15) is 21.6 Å². The van der Waals surface area contributed by atoms with E-state index >= 15 is 0 Å². The van der Waals surface area contributed by atoms with Crippen LogP contribution in [0.2, 0.25) is 0 Å². The zero-order valence-corrected chi connectivity index (χ0v) is 15.3. The summed E-state index contributed by atoms with van der Waals surface area (Å²) in [5.74, 6) is 0.185. The fourth-order valence-corrected chi connectivity index (χ4v) is 4.76.